The molecule has 0 atom stereocenters. The van der Waals surface area contributed by atoms with Gasteiger partial charge < -0.3 is 9.80 Å². The fraction of sp³-hybridized carbons (Fsp3) is 0.444. The molecule has 1 aromatic heterocycles. The monoisotopic (exact) mass is 347 g/mol. The van der Waals surface area contributed by atoms with Crippen molar-refractivity contribution in [2.24, 2.45) is 0 Å². The highest BCUT2D eigenvalue weighted by molar-refractivity contribution is 6.30. The zero-order chi connectivity index (χ0) is 17.1. The topological polar surface area (TPSA) is 42.6 Å². The van der Waals surface area contributed by atoms with E-state index in [0.29, 0.717) is 5.02 Å². The molecule has 1 amide bonds. The Hall–Kier alpha value is -1.85. The number of aromatic nitrogens is 2. The van der Waals surface area contributed by atoms with Crippen LogP contribution in [0.2, 0.25) is 5.02 Å². The summed E-state index contributed by atoms with van der Waals surface area (Å²) in [5.74, 6) is 0.103. The maximum atomic E-state index is 12.9. The third-order valence-corrected chi connectivity index (χ3v) is 4.81. The summed E-state index contributed by atoms with van der Waals surface area (Å²) in [4.78, 5) is 16.4. The molecule has 5 nitrogen and oxygen atoms in total. The number of carbonyl (C=O) groups excluding carboxylic acids is 1. The quantitative estimate of drug-likeness (QED) is 0.909. The summed E-state index contributed by atoms with van der Waals surface area (Å²) in [7, 11) is 2.17. The Bertz CT molecular complexity index is 702. The van der Waals surface area contributed by atoms with Crippen molar-refractivity contribution < 1.29 is 9.69 Å². The maximum Gasteiger partial charge on any atom is 0.257 e. The lowest BCUT2D eigenvalue weighted by Crippen LogP contribution is -3.12. The van der Waals surface area contributed by atoms with Crippen molar-refractivity contribution in [2.45, 2.75) is 19.8 Å². The summed E-state index contributed by atoms with van der Waals surface area (Å²) in [6.07, 6.45) is 3.50. The first kappa shape index (κ1) is 17.0. The van der Waals surface area contributed by atoms with Gasteiger partial charge in [-0.3, -0.25) is 4.79 Å². The molecular weight excluding hydrogens is 324 g/mol. The average Bonchev–Trinajstić information content (AvgIpc) is 3.00. The van der Waals surface area contributed by atoms with Gasteiger partial charge in [-0.2, -0.15) is 5.10 Å². The van der Waals surface area contributed by atoms with Crippen LogP contribution in [0.25, 0.3) is 5.69 Å². The highest BCUT2D eigenvalue weighted by atomic mass is 35.5. The van der Waals surface area contributed by atoms with Gasteiger partial charge in [0.1, 0.15) is 0 Å². The summed E-state index contributed by atoms with van der Waals surface area (Å²) in [6, 6.07) is 7.56. The smallest absolute Gasteiger partial charge is 0.257 e. The van der Waals surface area contributed by atoms with Gasteiger partial charge in [-0.1, -0.05) is 24.9 Å². The molecule has 6 heteroatoms. The van der Waals surface area contributed by atoms with E-state index in [0.717, 1.165) is 56.0 Å². The second kappa shape index (κ2) is 7.36. The highest BCUT2D eigenvalue weighted by Gasteiger charge is 2.26. The first-order chi connectivity index (χ1) is 11.6. The van der Waals surface area contributed by atoms with E-state index < -0.39 is 0 Å². The molecule has 1 aliphatic rings. The minimum absolute atomic E-state index is 0.103. The van der Waals surface area contributed by atoms with Crippen LogP contribution in [0.5, 0.6) is 0 Å². The fourth-order valence-electron chi connectivity index (χ4n) is 3.10. The number of hydrogen-bond donors (Lipinski definition) is 1. The number of piperazine rings is 1. The van der Waals surface area contributed by atoms with Gasteiger partial charge in [0.25, 0.3) is 5.91 Å². The third-order valence-electron chi connectivity index (χ3n) is 4.56. The van der Waals surface area contributed by atoms with E-state index in [-0.39, 0.29) is 5.91 Å². The Balaban J connectivity index is 1.91. The van der Waals surface area contributed by atoms with Crippen LogP contribution >= 0.6 is 11.6 Å². The standard InChI is InChI=1S/C18H23ClN4O/c1-3-4-17-16(18(24)22-11-9-21(2)10-12-22)13-20-23(17)15-7-5-14(19)6-8-15/h5-8,13H,3-4,9-12H2,1-2H3/p+1. The molecule has 1 N–H and O–H groups in total. The molecule has 0 radical (unpaired) electrons. The Morgan fingerprint density at radius 2 is 1.92 bits per heavy atom. The molecule has 1 fully saturated rings. The Morgan fingerprint density at radius 1 is 1.25 bits per heavy atom. The number of rotatable bonds is 4. The molecule has 128 valence electrons. The van der Waals surface area contributed by atoms with E-state index in [1.54, 1.807) is 6.20 Å². The van der Waals surface area contributed by atoms with Gasteiger partial charge in [-0.05, 0) is 30.7 Å². The minimum atomic E-state index is 0.103. The molecule has 0 aliphatic carbocycles. The lowest BCUT2D eigenvalue weighted by molar-refractivity contribution is -0.883. The van der Waals surface area contributed by atoms with Gasteiger partial charge in [-0.25, -0.2) is 4.68 Å². The van der Waals surface area contributed by atoms with Crippen LogP contribution in [0.3, 0.4) is 0 Å². The molecule has 2 aromatic rings. The molecular formula is C18H24ClN4O+. The van der Waals surface area contributed by atoms with Gasteiger partial charge in [0.15, 0.2) is 0 Å². The van der Waals surface area contributed by atoms with Crippen LogP contribution in [0.15, 0.2) is 30.5 Å². The van der Waals surface area contributed by atoms with Gasteiger partial charge in [0.2, 0.25) is 0 Å². The third kappa shape index (κ3) is 3.47. The molecule has 0 spiro atoms. The van der Waals surface area contributed by atoms with Crippen molar-refractivity contribution in [1.82, 2.24) is 14.7 Å². The number of likely N-dealkylation sites (N-methyl/N-ethyl adjacent to an activating group) is 1. The van der Waals surface area contributed by atoms with Crippen LogP contribution in [0.4, 0.5) is 0 Å². The number of nitrogens with zero attached hydrogens (tertiary/aromatic N) is 3. The minimum Gasteiger partial charge on any atom is -0.334 e. The van der Waals surface area contributed by atoms with Crippen molar-refractivity contribution in [3.05, 3.63) is 46.7 Å². The van der Waals surface area contributed by atoms with Crippen molar-refractivity contribution in [2.75, 3.05) is 33.2 Å². The van der Waals surface area contributed by atoms with Crippen LogP contribution in [-0.4, -0.2) is 53.8 Å². The van der Waals surface area contributed by atoms with Gasteiger partial charge in [0.05, 0.1) is 56.4 Å². The molecule has 24 heavy (non-hydrogen) atoms. The summed E-state index contributed by atoms with van der Waals surface area (Å²) in [6.45, 7) is 5.73. The van der Waals surface area contributed by atoms with Gasteiger partial charge >= 0.3 is 0 Å². The molecule has 0 saturated carbocycles. The van der Waals surface area contributed by atoms with E-state index in [4.69, 9.17) is 11.6 Å². The van der Waals surface area contributed by atoms with Crippen LogP contribution in [-0.2, 0) is 6.42 Å². The summed E-state index contributed by atoms with van der Waals surface area (Å²) in [5.41, 5.74) is 2.65. The van der Waals surface area contributed by atoms with Crippen LogP contribution in [0, 0.1) is 0 Å². The second-order valence-electron chi connectivity index (χ2n) is 6.39. The predicted molar refractivity (Wildman–Crippen MR) is 95.1 cm³/mol. The van der Waals surface area contributed by atoms with Crippen molar-refractivity contribution in [1.29, 1.82) is 0 Å². The summed E-state index contributed by atoms with van der Waals surface area (Å²) >= 11 is 5.98. The van der Waals surface area contributed by atoms with Crippen LogP contribution in [0.1, 0.15) is 29.4 Å². The van der Waals surface area contributed by atoms with E-state index in [1.165, 1.54) is 4.90 Å². The molecule has 0 unspecified atom stereocenters. The molecule has 0 bridgehead atoms. The zero-order valence-corrected chi connectivity index (χ0v) is 15.0. The number of quaternary nitrogens is 1. The first-order valence-electron chi connectivity index (χ1n) is 8.53. The molecule has 1 aromatic carbocycles. The van der Waals surface area contributed by atoms with E-state index >= 15 is 0 Å². The summed E-state index contributed by atoms with van der Waals surface area (Å²) < 4.78 is 1.87. The maximum absolute atomic E-state index is 12.9. The Morgan fingerprint density at radius 3 is 2.54 bits per heavy atom. The van der Waals surface area contributed by atoms with E-state index in [9.17, 15) is 4.79 Å². The Labute approximate surface area is 147 Å². The fourth-order valence-corrected chi connectivity index (χ4v) is 3.22. The predicted octanol–water partition coefficient (Wildman–Crippen LogP) is 1.45. The number of halogens is 1. The normalized spacial score (nSPS) is 15.7. The van der Waals surface area contributed by atoms with Crippen molar-refractivity contribution in [3.8, 4) is 5.69 Å². The van der Waals surface area contributed by atoms with E-state index in [1.807, 2.05) is 33.8 Å². The number of carbonyl (C=O) groups is 1. The number of nitrogens with one attached hydrogen (secondary N) is 1. The first-order valence-corrected chi connectivity index (χ1v) is 8.91. The van der Waals surface area contributed by atoms with Gasteiger partial charge in [0, 0.05) is 5.02 Å². The lowest BCUT2D eigenvalue weighted by Gasteiger charge is -2.30. The number of amides is 1. The zero-order valence-electron chi connectivity index (χ0n) is 14.3. The summed E-state index contributed by atoms with van der Waals surface area (Å²) in [5, 5.41) is 5.18. The molecule has 3 rings (SSSR count). The van der Waals surface area contributed by atoms with Gasteiger partial charge in [-0.15, -0.1) is 0 Å². The SMILES string of the molecule is CCCc1c(C(=O)N2CC[NH+](C)CC2)cnn1-c1ccc(Cl)cc1. The van der Waals surface area contributed by atoms with Crippen LogP contribution < -0.4 is 4.90 Å². The molecule has 2 heterocycles. The van der Waals surface area contributed by atoms with E-state index in [2.05, 4.69) is 19.1 Å². The largest absolute Gasteiger partial charge is 0.334 e. The average molecular weight is 348 g/mol. The second-order valence-corrected chi connectivity index (χ2v) is 6.83. The molecule has 1 aliphatic heterocycles. The lowest BCUT2D eigenvalue weighted by atomic mass is 10.1. The van der Waals surface area contributed by atoms with Crippen molar-refractivity contribution in [3.63, 3.8) is 0 Å². The number of benzene rings is 1. The highest BCUT2D eigenvalue weighted by Crippen LogP contribution is 2.20. The Kier molecular flexibility index (Phi) is 5.21. The number of hydrogen-bond acceptors (Lipinski definition) is 2. The molecule has 1 saturated heterocycles. The van der Waals surface area contributed by atoms with Crippen molar-refractivity contribution >= 4 is 17.5 Å².